The molecule has 3 aliphatic rings. The molecule has 0 bridgehead atoms. The Bertz CT molecular complexity index is 912. The van der Waals surface area contributed by atoms with E-state index in [-0.39, 0.29) is 10.7 Å². The summed E-state index contributed by atoms with van der Waals surface area (Å²) in [6.45, 7) is 1.13. The maximum absolute atomic E-state index is 12.6. The number of aryl methyl sites for hydroxylation is 2. The highest BCUT2D eigenvalue weighted by Crippen LogP contribution is 2.38. The fourth-order valence-electron chi connectivity index (χ4n) is 4.18. The molecule has 1 saturated heterocycles. The molecule has 1 aliphatic heterocycles. The van der Waals surface area contributed by atoms with Crippen molar-refractivity contribution in [2.45, 2.75) is 38.5 Å². The minimum Gasteiger partial charge on any atom is -0.369 e. The quantitative estimate of drug-likeness (QED) is 0.494. The average molecular weight is 389 g/mol. The number of rotatable bonds is 4. The van der Waals surface area contributed by atoms with Gasteiger partial charge < -0.3 is 21.4 Å². The predicted molar refractivity (Wildman–Crippen MR) is 103 cm³/mol. The van der Waals surface area contributed by atoms with Gasteiger partial charge in [-0.3, -0.25) is 0 Å². The maximum Gasteiger partial charge on any atom is 0.333 e. The number of urea groups is 1. The average Bonchev–Trinajstić information content (AvgIpc) is 3.35. The summed E-state index contributed by atoms with van der Waals surface area (Å²) >= 11 is 0. The number of benzene rings is 1. The van der Waals surface area contributed by atoms with Gasteiger partial charge in [-0.15, -0.1) is 0 Å². The molecule has 1 aromatic rings. The second-order valence-electron chi connectivity index (χ2n) is 7.03. The number of hydrogen-bond donors (Lipinski definition) is 5. The van der Waals surface area contributed by atoms with Crippen molar-refractivity contribution in [3.63, 3.8) is 0 Å². The van der Waals surface area contributed by atoms with E-state index >= 15 is 0 Å². The number of amides is 2. The lowest BCUT2D eigenvalue weighted by molar-refractivity contribution is 0.256. The zero-order chi connectivity index (χ0) is 19.0. The summed E-state index contributed by atoms with van der Waals surface area (Å²) in [4.78, 5) is 12.2. The van der Waals surface area contributed by atoms with Crippen LogP contribution in [-0.2, 0) is 35.7 Å². The van der Waals surface area contributed by atoms with Crippen LogP contribution in [0.1, 0.15) is 35.1 Å². The Kier molecular flexibility index (Phi) is 4.55. The highest BCUT2D eigenvalue weighted by atomic mass is 32.2. The summed E-state index contributed by atoms with van der Waals surface area (Å²) in [7, 11) is -4.15. The van der Waals surface area contributed by atoms with Gasteiger partial charge in [-0.1, -0.05) is 6.07 Å². The van der Waals surface area contributed by atoms with Crippen molar-refractivity contribution in [3.05, 3.63) is 39.0 Å². The molecule has 0 radical (unpaired) electrons. The molecule has 1 aromatic carbocycles. The van der Waals surface area contributed by atoms with Crippen LogP contribution in [0.25, 0.3) is 0 Å². The van der Waals surface area contributed by atoms with Gasteiger partial charge in [0.15, 0.2) is 0 Å². The lowest BCUT2D eigenvalue weighted by atomic mass is 9.99. The van der Waals surface area contributed by atoms with Gasteiger partial charge in [0.2, 0.25) is 0 Å². The lowest BCUT2D eigenvalue weighted by Crippen LogP contribution is -2.37. The first kappa shape index (κ1) is 17.8. The number of allylic oxidation sites excluding steroid dienone is 1. The molecule has 2 amide bonds. The van der Waals surface area contributed by atoms with E-state index in [1.54, 1.807) is 0 Å². The van der Waals surface area contributed by atoms with Crippen molar-refractivity contribution in [2.24, 2.45) is 0 Å². The zero-order valence-electron chi connectivity index (χ0n) is 14.9. The van der Waals surface area contributed by atoms with Gasteiger partial charge in [-0.25, -0.2) is 17.9 Å². The highest BCUT2D eigenvalue weighted by Gasteiger charge is 2.28. The number of fused-ring (bicyclic) bond motifs is 2. The van der Waals surface area contributed by atoms with Crippen LogP contribution in [0.2, 0.25) is 0 Å². The molecule has 0 spiro atoms. The monoisotopic (exact) mass is 389 g/mol. The third-order valence-corrected chi connectivity index (χ3v) is 6.69. The van der Waals surface area contributed by atoms with Crippen LogP contribution in [0.3, 0.4) is 0 Å². The van der Waals surface area contributed by atoms with Gasteiger partial charge in [0, 0.05) is 25.0 Å². The largest absolute Gasteiger partial charge is 0.369 e. The zero-order valence-corrected chi connectivity index (χ0v) is 15.8. The summed E-state index contributed by atoms with van der Waals surface area (Å²) in [5, 5.41) is 16.0. The molecule has 5 N–H and O–H groups in total. The van der Waals surface area contributed by atoms with Gasteiger partial charge in [0.05, 0.1) is 0 Å². The van der Waals surface area contributed by atoms with Gasteiger partial charge >= 0.3 is 6.03 Å². The molecule has 0 aromatic heterocycles. The number of hydrogen-bond acceptors (Lipinski definition) is 6. The molecule has 0 atom stereocenters. The highest BCUT2D eigenvalue weighted by molar-refractivity contribution is 7.94. The van der Waals surface area contributed by atoms with Crippen LogP contribution in [0.5, 0.6) is 0 Å². The van der Waals surface area contributed by atoms with E-state index in [4.69, 9.17) is 5.41 Å². The molecular weight excluding hydrogens is 366 g/mol. The van der Waals surface area contributed by atoms with Gasteiger partial charge in [0.25, 0.3) is 10.0 Å². The number of anilines is 1. The topological polar surface area (TPSA) is 123 Å². The minimum absolute atomic E-state index is 0.242. The van der Waals surface area contributed by atoms with Crippen LogP contribution < -0.4 is 20.7 Å². The van der Waals surface area contributed by atoms with Crippen molar-refractivity contribution in [2.75, 3.05) is 18.4 Å². The normalized spacial score (nSPS) is 17.6. The van der Waals surface area contributed by atoms with Crippen molar-refractivity contribution >= 4 is 28.0 Å². The molecule has 4 rings (SSSR count). The molecule has 0 saturated carbocycles. The Morgan fingerprint density at radius 3 is 2.19 bits per heavy atom. The lowest BCUT2D eigenvalue weighted by Gasteiger charge is -2.17. The number of nitrogens with one attached hydrogen (secondary N) is 5. The van der Waals surface area contributed by atoms with Crippen LogP contribution >= 0.6 is 0 Å². The molecular formula is C18H23N5O3S. The summed E-state index contributed by atoms with van der Waals surface area (Å²) in [6, 6.07) is 1.46. The summed E-state index contributed by atoms with van der Waals surface area (Å²) in [5.74, 6) is 0.242. The van der Waals surface area contributed by atoms with E-state index in [1.165, 1.54) is 11.1 Å². The molecule has 8 nitrogen and oxygen atoms in total. The predicted octanol–water partition coefficient (Wildman–Crippen LogP) is 1.13. The van der Waals surface area contributed by atoms with Gasteiger partial charge in [-0.2, -0.15) is 0 Å². The second kappa shape index (κ2) is 6.88. The van der Waals surface area contributed by atoms with Crippen molar-refractivity contribution in [1.29, 1.82) is 5.41 Å². The SMILES string of the molecule is N=CC(=C1NCCN1)S(=O)(=O)NC(=O)Nc1c2c(cc3c1CCC3)CCC2. The molecule has 1 heterocycles. The van der Waals surface area contributed by atoms with Crippen LogP contribution in [0, 0.1) is 5.41 Å². The van der Waals surface area contributed by atoms with Crippen LogP contribution in [0.15, 0.2) is 16.8 Å². The van der Waals surface area contributed by atoms with E-state index in [0.717, 1.165) is 61.6 Å². The fraction of sp³-hybridized carbons (Fsp3) is 0.444. The molecule has 2 aliphatic carbocycles. The number of carbonyl (C=O) groups is 1. The van der Waals surface area contributed by atoms with Crippen LogP contribution in [0.4, 0.5) is 10.5 Å². The third kappa shape index (κ3) is 3.27. The van der Waals surface area contributed by atoms with E-state index in [2.05, 4.69) is 22.0 Å². The number of sulfonamides is 1. The first-order valence-corrected chi connectivity index (χ1v) is 10.7. The molecule has 0 unspecified atom stereocenters. The van der Waals surface area contributed by atoms with Gasteiger partial charge in [-0.05, 0) is 60.8 Å². The van der Waals surface area contributed by atoms with Crippen LogP contribution in [-0.4, -0.2) is 33.8 Å². The summed E-state index contributed by atoms with van der Waals surface area (Å²) in [5.41, 5.74) is 5.57. The Morgan fingerprint density at radius 2 is 1.63 bits per heavy atom. The molecule has 1 fully saturated rings. The smallest absolute Gasteiger partial charge is 0.333 e. The van der Waals surface area contributed by atoms with E-state index in [0.29, 0.717) is 13.1 Å². The van der Waals surface area contributed by atoms with E-state index in [9.17, 15) is 13.2 Å². The number of carbonyl (C=O) groups excluding carboxylic acids is 1. The van der Waals surface area contributed by atoms with Crippen molar-refractivity contribution < 1.29 is 13.2 Å². The van der Waals surface area contributed by atoms with Crippen molar-refractivity contribution in [1.82, 2.24) is 15.4 Å². The van der Waals surface area contributed by atoms with E-state index in [1.807, 2.05) is 4.72 Å². The first-order chi connectivity index (χ1) is 13.0. The molecule has 144 valence electrons. The Labute approximate surface area is 158 Å². The fourth-order valence-corrected chi connectivity index (χ4v) is 5.15. The molecule has 9 heteroatoms. The van der Waals surface area contributed by atoms with E-state index < -0.39 is 16.1 Å². The Morgan fingerprint density at radius 1 is 1.04 bits per heavy atom. The standard InChI is InChI=1S/C18H23N5O3S/c19-10-15(17-20-7-8-21-17)27(25,26)23-18(24)22-16-13-5-1-3-11(13)9-12-4-2-6-14(12)16/h9-10,19-21H,1-8H2,(H2,22,23,24). The first-order valence-electron chi connectivity index (χ1n) is 9.22. The summed E-state index contributed by atoms with van der Waals surface area (Å²) in [6.07, 6.45) is 6.62. The molecule has 27 heavy (non-hydrogen) atoms. The minimum atomic E-state index is -4.15. The Hall–Kier alpha value is -2.55. The van der Waals surface area contributed by atoms with Gasteiger partial charge in [0.1, 0.15) is 10.7 Å². The van der Waals surface area contributed by atoms with Crippen molar-refractivity contribution in [3.8, 4) is 0 Å². The second-order valence-corrected chi connectivity index (χ2v) is 8.68. The summed E-state index contributed by atoms with van der Waals surface area (Å²) < 4.78 is 27.2. The third-order valence-electron chi connectivity index (χ3n) is 5.33. The maximum atomic E-state index is 12.6. The Balaban J connectivity index is 1.59.